The zero-order chi connectivity index (χ0) is 39.4. The van der Waals surface area contributed by atoms with Crippen molar-refractivity contribution in [1.29, 1.82) is 0 Å². The van der Waals surface area contributed by atoms with Crippen LogP contribution in [0, 0.1) is 24.5 Å². The fraction of sp³-hybridized carbons (Fsp3) is 0.0536. The molecule has 0 radical (unpaired) electrons. The maximum atomic E-state index is 6.43. The molecule has 3 heterocycles. The van der Waals surface area contributed by atoms with Gasteiger partial charge in [0.05, 0.1) is 44.7 Å². The Kier molecular flexibility index (Phi) is 8.30. The summed E-state index contributed by atoms with van der Waals surface area (Å²) < 4.78 is 2.35. The van der Waals surface area contributed by atoms with Crippen molar-refractivity contribution in [1.82, 2.24) is 9.55 Å². The van der Waals surface area contributed by atoms with Crippen LogP contribution in [-0.2, 0) is 5.41 Å². The van der Waals surface area contributed by atoms with E-state index in [0.29, 0.717) is 0 Å². The lowest BCUT2D eigenvalue weighted by atomic mass is 9.63. The number of allylic oxidation sites excluding steroid dienone is 7. The largest absolute Gasteiger partial charge is 0.307 e. The minimum absolute atomic E-state index is 0.584. The number of benzene rings is 5. The van der Waals surface area contributed by atoms with Crippen molar-refractivity contribution in [2.24, 2.45) is 0 Å². The van der Waals surface area contributed by atoms with Crippen molar-refractivity contribution in [2.45, 2.75) is 19.3 Å². The lowest BCUT2D eigenvalue weighted by molar-refractivity contribution is 0.776. The Labute approximate surface area is 340 Å². The number of nitrogens with zero attached hydrogens (tertiary/aromatic N) is 2. The van der Waals surface area contributed by atoms with Crippen LogP contribution in [0.15, 0.2) is 183 Å². The SMILES string of the molecule is C#Cc1c2n(c3ccc#cc13)-c1cc(C(=C)/C=C\C(=C/C)c3cc(-c4ccccc4)nc(-c4ccccc4)c3)ccc1C1(/C2=C/C)c2ccccc2-c2ccccc21. The van der Waals surface area contributed by atoms with E-state index >= 15 is 0 Å². The predicted octanol–water partition coefficient (Wildman–Crippen LogP) is 13.3. The number of fused-ring (bicyclic) bond motifs is 11. The number of hydrogen-bond acceptors (Lipinski definition) is 1. The van der Waals surface area contributed by atoms with Crippen LogP contribution in [0.3, 0.4) is 0 Å². The highest BCUT2D eigenvalue weighted by Gasteiger charge is 2.52. The molecule has 2 nitrogen and oxygen atoms in total. The molecule has 0 bridgehead atoms. The molecule has 1 aliphatic carbocycles. The molecule has 8 aromatic rings. The van der Waals surface area contributed by atoms with Crippen LogP contribution >= 0.6 is 0 Å². The standard InChI is InChI=1S/C56H38N2/c1-5-38(42-34-51(39-20-10-8-11-21-39)57-52(35-42)40-22-12-9-13-23-40)31-30-37(4)41-32-33-50-54(36-41)58-53-29-19-16-26-46(53)43(6-2)55(58)47(7-3)56(50)48-27-17-14-24-44(48)45-25-15-18-28-49(45)56/h2,5,7-15,17-25,27-36H,4H2,1,3H3/b31-30-,38-5+,47-7+. The molecule has 0 atom stereocenters. The molecule has 6 aromatic carbocycles. The van der Waals surface area contributed by atoms with Gasteiger partial charge in [-0.2, -0.15) is 0 Å². The van der Waals surface area contributed by atoms with Crippen molar-refractivity contribution >= 4 is 27.6 Å². The topological polar surface area (TPSA) is 17.8 Å². The molecule has 10 rings (SSSR count). The van der Waals surface area contributed by atoms with E-state index in [1.165, 1.54) is 33.4 Å². The fourth-order valence-corrected chi connectivity index (χ4v) is 9.34. The van der Waals surface area contributed by atoms with Crippen LogP contribution in [-0.4, -0.2) is 9.55 Å². The van der Waals surface area contributed by atoms with Crippen molar-refractivity contribution in [3.05, 3.63) is 234 Å². The van der Waals surface area contributed by atoms with Crippen LogP contribution in [0.5, 0.6) is 0 Å². The quantitative estimate of drug-likeness (QED) is 0.123. The summed E-state index contributed by atoms with van der Waals surface area (Å²) in [4.78, 5) is 5.10. The van der Waals surface area contributed by atoms with Gasteiger partial charge in [0.25, 0.3) is 0 Å². The lowest BCUT2D eigenvalue weighted by Gasteiger charge is -2.42. The van der Waals surface area contributed by atoms with Gasteiger partial charge in [0.15, 0.2) is 0 Å². The summed E-state index contributed by atoms with van der Waals surface area (Å²) in [5.41, 5.74) is 18.8. The second-order valence-electron chi connectivity index (χ2n) is 14.8. The average Bonchev–Trinajstić information content (AvgIpc) is 3.78. The summed E-state index contributed by atoms with van der Waals surface area (Å²) >= 11 is 0. The Hall–Kier alpha value is -7.65. The summed E-state index contributed by atoms with van der Waals surface area (Å²) in [6, 6.07) is 60.2. The molecular formula is C56H38N2. The molecular weight excluding hydrogens is 701 g/mol. The monoisotopic (exact) mass is 738 g/mol. The zero-order valence-corrected chi connectivity index (χ0v) is 32.4. The normalized spacial score (nSPS) is 14.2. The predicted molar refractivity (Wildman–Crippen MR) is 241 cm³/mol. The first kappa shape index (κ1) is 34.8. The first-order chi connectivity index (χ1) is 28.6. The van der Waals surface area contributed by atoms with Gasteiger partial charge in [-0.05, 0) is 99.8 Å². The Morgan fingerprint density at radius 3 is 1.93 bits per heavy atom. The van der Waals surface area contributed by atoms with Gasteiger partial charge in [-0.1, -0.05) is 170 Å². The van der Waals surface area contributed by atoms with E-state index < -0.39 is 5.41 Å². The first-order valence-corrected chi connectivity index (χ1v) is 19.7. The molecule has 1 aliphatic heterocycles. The van der Waals surface area contributed by atoms with Crippen LogP contribution in [0.2, 0.25) is 0 Å². The average molecular weight is 739 g/mol. The number of aromatic nitrogens is 2. The molecule has 0 saturated heterocycles. The Bertz CT molecular complexity index is 2990. The van der Waals surface area contributed by atoms with Crippen molar-refractivity contribution in [2.75, 3.05) is 0 Å². The molecule has 1 spiro atoms. The summed E-state index contributed by atoms with van der Waals surface area (Å²) in [6.45, 7) is 8.86. The van der Waals surface area contributed by atoms with Gasteiger partial charge in [0.1, 0.15) is 0 Å². The van der Waals surface area contributed by atoms with Gasteiger partial charge in [-0.15, -0.1) is 6.42 Å². The summed E-state index contributed by atoms with van der Waals surface area (Å²) in [5, 5.41) is 0.894. The van der Waals surface area contributed by atoms with Crippen molar-refractivity contribution in [3.63, 3.8) is 0 Å². The Morgan fingerprint density at radius 1 is 0.707 bits per heavy atom. The number of rotatable bonds is 6. The maximum absolute atomic E-state index is 6.43. The first-order valence-electron chi connectivity index (χ1n) is 19.7. The molecule has 2 aromatic heterocycles. The van der Waals surface area contributed by atoms with E-state index in [0.717, 1.165) is 72.6 Å². The van der Waals surface area contributed by atoms with E-state index in [-0.39, 0.29) is 0 Å². The molecule has 58 heavy (non-hydrogen) atoms. The highest BCUT2D eigenvalue weighted by molar-refractivity contribution is 6.04. The molecule has 0 N–H and O–H groups in total. The second-order valence-corrected chi connectivity index (χ2v) is 14.8. The van der Waals surface area contributed by atoms with E-state index in [2.05, 4.69) is 201 Å². The van der Waals surface area contributed by atoms with Crippen LogP contribution in [0.4, 0.5) is 0 Å². The third-order valence-corrected chi connectivity index (χ3v) is 11.9. The van der Waals surface area contributed by atoms with E-state index in [1.807, 2.05) is 18.2 Å². The van der Waals surface area contributed by atoms with E-state index in [9.17, 15) is 0 Å². The number of hydrogen-bond donors (Lipinski definition) is 0. The van der Waals surface area contributed by atoms with Crippen molar-refractivity contribution < 1.29 is 0 Å². The number of pyridine rings is 1. The Morgan fingerprint density at radius 2 is 1.33 bits per heavy atom. The van der Waals surface area contributed by atoms with Crippen molar-refractivity contribution in [3.8, 4) is 51.7 Å². The van der Waals surface area contributed by atoms with Gasteiger partial charge in [-0.3, -0.25) is 0 Å². The third-order valence-electron chi connectivity index (χ3n) is 11.9. The smallest absolute Gasteiger partial charge is 0.0751 e. The third kappa shape index (κ3) is 5.13. The molecule has 0 amide bonds. The minimum atomic E-state index is -0.584. The molecule has 2 aliphatic rings. The van der Waals surface area contributed by atoms with Crippen LogP contribution in [0.1, 0.15) is 52.9 Å². The molecule has 272 valence electrons. The summed E-state index contributed by atoms with van der Waals surface area (Å²) in [7, 11) is 0. The summed E-state index contributed by atoms with van der Waals surface area (Å²) in [6.07, 6.45) is 15.1. The Balaban J connectivity index is 1.13. The molecule has 0 saturated carbocycles. The van der Waals surface area contributed by atoms with Gasteiger partial charge in [-0.25, -0.2) is 4.98 Å². The number of terminal acetylenes is 1. The van der Waals surface area contributed by atoms with Gasteiger partial charge in [0.2, 0.25) is 0 Å². The highest BCUT2D eigenvalue weighted by atomic mass is 15.0. The second kappa shape index (κ2) is 13.8. The molecule has 2 heteroatoms. The molecule has 0 fully saturated rings. The zero-order valence-electron chi connectivity index (χ0n) is 32.4. The highest BCUT2D eigenvalue weighted by Crippen LogP contribution is 2.62. The van der Waals surface area contributed by atoms with Crippen LogP contribution in [0.25, 0.3) is 67.0 Å². The maximum Gasteiger partial charge on any atom is 0.0751 e. The van der Waals surface area contributed by atoms with Gasteiger partial charge >= 0.3 is 0 Å². The van der Waals surface area contributed by atoms with E-state index in [4.69, 9.17) is 11.4 Å². The van der Waals surface area contributed by atoms with Gasteiger partial charge in [0, 0.05) is 11.1 Å². The lowest BCUT2D eigenvalue weighted by Crippen LogP contribution is -2.35. The van der Waals surface area contributed by atoms with Crippen LogP contribution < -0.4 is 0 Å². The fourth-order valence-electron chi connectivity index (χ4n) is 9.34. The minimum Gasteiger partial charge on any atom is -0.307 e. The van der Waals surface area contributed by atoms with Gasteiger partial charge < -0.3 is 4.57 Å². The van der Waals surface area contributed by atoms with E-state index in [1.54, 1.807) is 0 Å². The molecule has 0 unspecified atom stereocenters. The summed E-state index contributed by atoms with van der Waals surface area (Å²) in [5.74, 6) is 3.10.